The van der Waals surface area contributed by atoms with Crippen molar-refractivity contribution in [3.8, 4) is 0 Å². The van der Waals surface area contributed by atoms with Gasteiger partial charge in [0.15, 0.2) is 5.82 Å². The zero-order valence-corrected chi connectivity index (χ0v) is 16.9. The van der Waals surface area contributed by atoms with Gasteiger partial charge in [0.05, 0.1) is 25.0 Å². The number of nitrogens with one attached hydrogen (secondary N) is 1. The number of rotatable bonds is 5. The van der Waals surface area contributed by atoms with Crippen molar-refractivity contribution in [3.05, 3.63) is 59.8 Å². The molecule has 1 aromatic carbocycles. The van der Waals surface area contributed by atoms with Gasteiger partial charge in [-0.3, -0.25) is 9.48 Å². The zero-order valence-electron chi connectivity index (χ0n) is 16.9. The van der Waals surface area contributed by atoms with Crippen LogP contribution >= 0.6 is 0 Å². The van der Waals surface area contributed by atoms with Crippen molar-refractivity contribution in [1.82, 2.24) is 19.7 Å². The lowest BCUT2D eigenvalue weighted by Crippen LogP contribution is -2.49. The molecule has 0 spiro atoms. The number of nitrogens with zero attached hydrogens (tertiary/aromatic N) is 6. The number of benzene rings is 1. The predicted molar refractivity (Wildman–Crippen MR) is 112 cm³/mol. The minimum atomic E-state index is -0.549. The first-order valence-corrected chi connectivity index (χ1v) is 10.1. The molecule has 160 valence electrons. The van der Waals surface area contributed by atoms with Gasteiger partial charge in [-0.2, -0.15) is 10.1 Å². The Morgan fingerprint density at radius 3 is 2.84 bits per heavy atom. The van der Waals surface area contributed by atoms with Crippen LogP contribution in [0.1, 0.15) is 17.5 Å². The van der Waals surface area contributed by atoms with Crippen LogP contribution in [0, 0.1) is 5.82 Å². The Morgan fingerprint density at radius 1 is 1.23 bits per heavy atom. The first-order chi connectivity index (χ1) is 15.0. The molecule has 3 aromatic rings. The third-order valence-corrected chi connectivity index (χ3v) is 5.67. The second kappa shape index (κ2) is 7.62. The molecular formula is C21H22FN7O2. The normalized spacial score (nSPS) is 20.0. The van der Waals surface area contributed by atoms with E-state index in [9.17, 15) is 14.3 Å². The molecule has 2 N–H and O–H groups in total. The minimum absolute atomic E-state index is 0.0538. The molecule has 1 saturated heterocycles. The highest BCUT2D eigenvalue weighted by Crippen LogP contribution is 2.38. The lowest BCUT2D eigenvalue weighted by Gasteiger charge is -2.36. The van der Waals surface area contributed by atoms with Gasteiger partial charge in [-0.05, 0) is 17.7 Å². The third-order valence-electron chi connectivity index (χ3n) is 5.67. The molecule has 0 radical (unpaired) electrons. The molecule has 2 aromatic heterocycles. The van der Waals surface area contributed by atoms with Gasteiger partial charge < -0.3 is 20.2 Å². The third kappa shape index (κ3) is 3.70. The molecule has 1 fully saturated rings. The van der Waals surface area contributed by atoms with E-state index in [1.807, 2.05) is 11.1 Å². The van der Waals surface area contributed by atoms with Crippen LogP contribution in [0.3, 0.4) is 0 Å². The molecule has 4 heterocycles. The molecule has 5 rings (SSSR count). The Labute approximate surface area is 178 Å². The number of halogens is 1. The van der Waals surface area contributed by atoms with E-state index in [1.54, 1.807) is 41.2 Å². The van der Waals surface area contributed by atoms with Crippen LogP contribution in [0.15, 0.2) is 42.9 Å². The smallest absolute Gasteiger partial charge is 0.249 e. The van der Waals surface area contributed by atoms with Gasteiger partial charge in [-0.1, -0.05) is 12.1 Å². The highest BCUT2D eigenvalue weighted by molar-refractivity contribution is 6.04. The first kappa shape index (κ1) is 19.4. The van der Waals surface area contributed by atoms with Crippen molar-refractivity contribution >= 4 is 23.4 Å². The maximum Gasteiger partial charge on any atom is 0.249 e. The number of fused-ring (bicyclic) bond motifs is 3. The van der Waals surface area contributed by atoms with Crippen molar-refractivity contribution in [2.24, 2.45) is 0 Å². The van der Waals surface area contributed by atoms with Crippen LogP contribution in [-0.4, -0.2) is 56.5 Å². The first-order valence-electron chi connectivity index (χ1n) is 10.1. The molecule has 1 amide bonds. The van der Waals surface area contributed by atoms with Gasteiger partial charge in [-0.15, -0.1) is 0 Å². The summed E-state index contributed by atoms with van der Waals surface area (Å²) in [6, 6.07) is 5.95. The summed E-state index contributed by atoms with van der Waals surface area (Å²) >= 11 is 0. The molecule has 0 bridgehead atoms. The van der Waals surface area contributed by atoms with Crippen LogP contribution in [-0.2, 0) is 17.9 Å². The topological polar surface area (TPSA) is 99.4 Å². The maximum absolute atomic E-state index is 13.1. The molecular weight excluding hydrogens is 401 g/mol. The van der Waals surface area contributed by atoms with Gasteiger partial charge in [0.1, 0.15) is 17.5 Å². The number of aliphatic hydroxyl groups is 1. The van der Waals surface area contributed by atoms with Crippen LogP contribution < -0.4 is 15.1 Å². The molecule has 2 aliphatic heterocycles. The van der Waals surface area contributed by atoms with Gasteiger partial charge >= 0.3 is 0 Å². The molecule has 0 aliphatic carbocycles. The molecule has 10 heteroatoms. The quantitative estimate of drug-likeness (QED) is 0.640. The van der Waals surface area contributed by atoms with Crippen LogP contribution in [0.2, 0.25) is 0 Å². The van der Waals surface area contributed by atoms with Crippen molar-refractivity contribution in [1.29, 1.82) is 0 Å². The van der Waals surface area contributed by atoms with Crippen LogP contribution in [0.4, 0.5) is 21.8 Å². The van der Waals surface area contributed by atoms with E-state index in [0.29, 0.717) is 43.5 Å². The maximum atomic E-state index is 13.1. The van der Waals surface area contributed by atoms with E-state index in [4.69, 9.17) is 0 Å². The Bertz CT molecular complexity index is 1120. The Balaban J connectivity index is 1.28. The SMILES string of the molecule is CN1C(=O)[C@@H]2C[C@@H](O)CN2c2nc(NCc3cnn(Cc4ccc(F)cc4)c3)ncc21. The summed E-state index contributed by atoms with van der Waals surface area (Å²) in [5.74, 6) is 0.771. The van der Waals surface area contributed by atoms with E-state index in [0.717, 1.165) is 11.1 Å². The lowest BCUT2D eigenvalue weighted by atomic mass is 10.1. The Morgan fingerprint density at radius 2 is 2.03 bits per heavy atom. The molecule has 2 aliphatic rings. The molecule has 0 unspecified atom stereocenters. The zero-order chi connectivity index (χ0) is 21.5. The number of anilines is 3. The standard InChI is InChI=1S/C21H22FN7O2/c1-27-18-9-24-21(26-19(18)29-12-16(30)6-17(29)20(27)31)23-7-14-8-25-28(11-14)10-13-2-4-15(22)5-3-13/h2-5,8-9,11,16-17,30H,6-7,10,12H2,1H3,(H,23,24,26)/t16-,17+/m1/s1. The number of hydrogen-bond acceptors (Lipinski definition) is 7. The number of likely N-dealkylation sites (N-methyl/N-ethyl adjacent to an activating group) is 1. The number of amides is 1. The molecule has 2 atom stereocenters. The van der Waals surface area contributed by atoms with E-state index in [-0.39, 0.29) is 17.8 Å². The largest absolute Gasteiger partial charge is 0.391 e. The van der Waals surface area contributed by atoms with Gasteiger partial charge in [-0.25, -0.2) is 9.37 Å². The van der Waals surface area contributed by atoms with Crippen molar-refractivity contribution in [2.45, 2.75) is 31.7 Å². The fourth-order valence-electron chi connectivity index (χ4n) is 4.07. The Kier molecular flexibility index (Phi) is 4.78. The minimum Gasteiger partial charge on any atom is -0.391 e. The van der Waals surface area contributed by atoms with Gasteiger partial charge in [0, 0.05) is 38.3 Å². The highest BCUT2D eigenvalue weighted by atomic mass is 19.1. The number of aliphatic hydroxyl groups excluding tert-OH is 1. The summed E-state index contributed by atoms with van der Waals surface area (Å²) in [5.41, 5.74) is 2.54. The van der Waals surface area contributed by atoms with Crippen LogP contribution in [0.5, 0.6) is 0 Å². The van der Waals surface area contributed by atoms with Crippen molar-refractivity contribution in [3.63, 3.8) is 0 Å². The predicted octanol–water partition coefficient (Wildman–Crippen LogP) is 1.39. The summed E-state index contributed by atoms with van der Waals surface area (Å²) in [6.45, 7) is 1.40. The number of hydrogen-bond donors (Lipinski definition) is 2. The van der Waals surface area contributed by atoms with Crippen molar-refractivity contribution < 1.29 is 14.3 Å². The van der Waals surface area contributed by atoms with E-state index in [1.165, 1.54) is 12.1 Å². The summed E-state index contributed by atoms with van der Waals surface area (Å²) in [7, 11) is 1.70. The summed E-state index contributed by atoms with van der Waals surface area (Å²) in [6.07, 6.45) is 5.15. The molecule has 0 saturated carbocycles. The summed E-state index contributed by atoms with van der Waals surface area (Å²) in [5, 5.41) is 17.6. The summed E-state index contributed by atoms with van der Waals surface area (Å²) in [4.78, 5) is 24.9. The van der Waals surface area contributed by atoms with E-state index >= 15 is 0 Å². The molecule has 31 heavy (non-hydrogen) atoms. The second-order valence-corrected chi connectivity index (χ2v) is 7.88. The number of aromatic nitrogens is 4. The van der Waals surface area contributed by atoms with E-state index < -0.39 is 6.10 Å². The van der Waals surface area contributed by atoms with Crippen molar-refractivity contribution in [2.75, 3.05) is 28.7 Å². The van der Waals surface area contributed by atoms with Gasteiger partial charge in [0.25, 0.3) is 0 Å². The number of carbonyl (C=O) groups excluding carboxylic acids is 1. The van der Waals surface area contributed by atoms with Crippen LogP contribution in [0.25, 0.3) is 0 Å². The Hall–Kier alpha value is -3.53. The fraction of sp³-hybridized carbons (Fsp3) is 0.333. The lowest BCUT2D eigenvalue weighted by molar-refractivity contribution is -0.119. The average Bonchev–Trinajstić information content (AvgIpc) is 3.38. The van der Waals surface area contributed by atoms with Gasteiger partial charge in [0.2, 0.25) is 11.9 Å². The monoisotopic (exact) mass is 423 g/mol. The average molecular weight is 423 g/mol. The number of carbonyl (C=O) groups is 1. The van der Waals surface area contributed by atoms with E-state index in [2.05, 4.69) is 20.4 Å². The molecule has 9 nitrogen and oxygen atoms in total. The summed E-state index contributed by atoms with van der Waals surface area (Å²) < 4.78 is 14.8. The second-order valence-electron chi connectivity index (χ2n) is 7.88. The highest BCUT2D eigenvalue weighted by Gasteiger charge is 2.44. The fourth-order valence-corrected chi connectivity index (χ4v) is 4.07.